The highest BCUT2D eigenvalue weighted by molar-refractivity contribution is 5.83. The maximum absolute atomic E-state index is 9.65. The molecule has 1 unspecified atom stereocenters. The van der Waals surface area contributed by atoms with Crippen LogP contribution < -0.4 is 0 Å². The van der Waals surface area contributed by atoms with Crippen LogP contribution in [-0.2, 0) is 0 Å². The van der Waals surface area contributed by atoms with Crippen molar-refractivity contribution < 1.29 is 5.11 Å². The molecule has 0 aromatic rings. The average Bonchev–Trinajstić information content (AvgIpc) is 2.97. The van der Waals surface area contributed by atoms with Crippen molar-refractivity contribution in [1.82, 2.24) is 4.90 Å². The summed E-state index contributed by atoms with van der Waals surface area (Å²) < 4.78 is 0. The molecule has 3 nitrogen and oxygen atoms in total. The van der Waals surface area contributed by atoms with Gasteiger partial charge in [-0.3, -0.25) is 4.99 Å². The van der Waals surface area contributed by atoms with Crippen molar-refractivity contribution in [1.29, 1.82) is 0 Å². The molecule has 128 valence electrons. The Kier molecular flexibility index (Phi) is 11.1. The summed E-state index contributed by atoms with van der Waals surface area (Å²) in [5.41, 5.74) is 0. The second-order valence-corrected chi connectivity index (χ2v) is 6.37. The van der Waals surface area contributed by atoms with Gasteiger partial charge in [-0.25, -0.2) is 0 Å². The van der Waals surface area contributed by atoms with Gasteiger partial charge >= 0.3 is 0 Å². The first-order valence-electron chi connectivity index (χ1n) is 9.38. The van der Waals surface area contributed by atoms with E-state index in [9.17, 15) is 5.11 Å². The second kappa shape index (κ2) is 12.7. The molecule has 0 amide bonds. The fraction of sp³-hybridized carbons (Fsp3) is 0.842. The summed E-state index contributed by atoms with van der Waals surface area (Å²) in [7, 11) is 0. The van der Waals surface area contributed by atoms with Gasteiger partial charge in [0, 0.05) is 13.0 Å². The largest absolute Gasteiger partial charge is 0.374 e. The van der Waals surface area contributed by atoms with Gasteiger partial charge in [0.1, 0.15) is 12.1 Å². The predicted octanol–water partition coefficient (Wildman–Crippen LogP) is 4.91. The summed E-state index contributed by atoms with van der Waals surface area (Å²) in [5.74, 6) is 1.12. The zero-order valence-corrected chi connectivity index (χ0v) is 14.8. The van der Waals surface area contributed by atoms with E-state index in [1.54, 1.807) is 0 Å². The normalized spacial score (nSPS) is 16.5. The van der Waals surface area contributed by atoms with Crippen molar-refractivity contribution >= 4 is 5.84 Å². The molecule has 1 N–H and O–H groups in total. The standard InChI is InChI=1S/C19H36N2O/c1-3-4-5-6-7-8-9-10-11-12-13-14-15-19-20-16-17-21(19)18(2)22/h4-5,18,22H,3,6-17H2,1-2H3/b5-4+. The van der Waals surface area contributed by atoms with E-state index in [0.717, 1.165) is 25.3 Å². The number of hydrogen-bond acceptors (Lipinski definition) is 3. The molecule has 0 saturated heterocycles. The number of aliphatic imine (C=N–C) groups is 1. The molecule has 3 heteroatoms. The van der Waals surface area contributed by atoms with Crippen LogP contribution in [0.25, 0.3) is 0 Å². The van der Waals surface area contributed by atoms with E-state index >= 15 is 0 Å². The number of nitrogens with zero attached hydrogens (tertiary/aromatic N) is 2. The van der Waals surface area contributed by atoms with E-state index in [1.807, 2.05) is 11.8 Å². The third-order valence-corrected chi connectivity index (χ3v) is 4.34. The Bertz CT molecular complexity index is 323. The van der Waals surface area contributed by atoms with Crippen molar-refractivity contribution in [3.63, 3.8) is 0 Å². The molecule has 1 heterocycles. The van der Waals surface area contributed by atoms with Gasteiger partial charge < -0.3 is 10.0 Å². The number of hydrogen-bond donors (Lipinski definition) is 1. The van der Waals surface area contributed by atoms with Crippen LogP contribution in [0.2, 0.25) is 0 Å². The van der Waals surface area contributed by atoms with Crippen molar-refractivity contribution in [2.24, 2.45) is 4.99 Å². The Hall–Kier alpha value is -0.830. The van der Waals surface area contributed by atoms with Gasteiger partial charge in [-0.05, 0) is 32.6 Å². The number of unbranched alkanes of at least 4 members (excludes halogenated alkanes) is 8. The minimum Gasteiger partial charge on any atom is -0.374 e. The maximum atomic E-state index is 9.65. The van der Waals surface area contributed by atoms with Crippen molar-refractivity contribution in [3.8, 4) is 0 Å². The highest BCUT2D eigenvalue weighted by atomic mass is 16.3. The number of amidine groups is 1. The smallest absolute Gasteiger partial charge is 0.125 e. The van der Waals surface area contributed by atoms with E-state index in [0.29, 0.717) is 0 Å². The molecule has 0 aliphatic carbocycles. The Morgan fingerprint density at radius 1 is 1.05 bits per heavy atom. The Morgan fingerprint density at radius 2 is 1.68 bits per heavy atom. The molecule has 1 aliphatic rings. The monoisotopic (exact) mass is 308 g/mol. The molecular weight excluding hydrogens is 272 g/mol. The molecule has 0 radical (unpaired) electrons. The van der Waals surface area contributed by atoms with Gasteiger partial charge in [-0.2, -0.15) is 0 Å². The topological polar surface area (TPSA) is 35.8 Å². The highest BCUT2D eigenvalue weighted by Crippen LogP contribution is 2.14. The molecular formula is C19H36N2O. The molecule has 0 saturated carbocycles. The molecule has 1 rings (SSSR count). The third kappa shape index (κ3) is 8.57. The Labute approximate surface area is 137 Å². The third-order valence-electron chi connectivity index (χ3n) is 4.34. The summed E-state index contributed by atoms with van der Waals surface area (Å²) in [4.78, 5) is 6.54. The summed E-state index contributed by atoms with van der Waals surface area (Å²) in [6.45, 7) is 5.77. The van der Waals surface area contributed by atoms with Crippen LogP contribution in [-0.4, -0.2) is 35.2 Å². The van der Waals surface area contributed by atoms with Crippen LogP contribution in [0, 0.1) is 0 Å². The minimum absolute atomic E-state index is 0.381. The molecule has 0 bridgehead atoms. The number of allylic oxidation sites excluding steroid dienone is 2. The summed E-state index contributed by atoms with van der Waals surface area (Å²) in [6.07, 6.45) is 18.4. The first-order chi connectivity index (χ1) is 10.8. The van der Waals surface area contributed by atoms with Gasteiger partial charge in [0.05, 0.1) is 6.54 Å². The van der Waals surface area contributed by atoms with E-state index in [2.05, 4.69) is 24.1 Å². The fourth-order valence-corrected chi connectivity index (χ4v) is 3.02. The molecule has 22 heavy (non-hydrogen) atoms. The van der Waals surface area contributed by atoms with Gasteiger partial charge in [-0.1, -0.05) is 57.6 Å². The van der Waals surface area contributed by atoms with Gasteiger partial charge in [0.2, 0.25) is 0 Å². The Balaban J connectivity index is 1.87. The van der Waals surface area contributed by atoms with Gasteiger partial charge in [0.15, 0.2) is 0 Å². The van der Waals surface area contributed by atoms with Crippen LogP contribution >= 0.6 is 0 Å². The summed E-state index contributed by atoms with van der Waals surface area (Å²) >= 11 is 0. The molecule has 0 aromatic heterocycles. The SMILES string of the molecule is CC/C=C/CCCCCCCCCCC1=NCCN1C(C)O. The predicted molar refractivity (Wildman–Crippen MR) is 96.3 cm³/mol. The lowest BCUT2D eigenvalue weighted by Gasteiger charge is -2.23. The minimum atomic E-state index is -0.381. The summed E-state index contributed by atoms with van der Waals surface area (Å²) in [6, 6.07) is 0. The zero-order chi connectivity index (χ0) is 16.0. The van der Waals surface area contributed by atoms with Crippen LogP contribution in [0.15, 0.2) is 17.1 Å². The second-order valence-electron chi connectivity index (χ2n) is 6.37. The maximum Gasteiger partial charge on any atom is 0.125 e. The fourth-order valence-electron chi connectivity index (χ4n) is 3.02. The van der Waals surface area contributed by atoms with Crippen molar-refractivity contribution in [2.45, 2.75) is 90.7 Å². The lowest BCUT2D eigenvalue weighted by molar-refractivity contribution is 0.0766. The van der Waals surface area contributed by atoms with Crippen molar-refractivity contribution in [2.75, 3.05) is 13.1 Å². The molecule has 0 aromatic carbocycles. The number of aliphatic hydroxyl groups is 1. The van der Waals surface area contributed by atoms with Crippen LogP contribution in [0.3, 0.4) is 0 Å². The number of aliphatic hydroxyl groups excluding tert-OH is 1. The molecule has 0 spiro atoms. The molecule has 1 atom stereocenters. The lowest BCUT2D eigenvalue weighted by atomic mass is 10.1. The molecule has 1 aliphatic heterocycles. The molecule has 0 fully saturated rings. The first-order valence-corrected chi connectivity index (χ1v) is 9.38. The van der Waals surface area contributed by atoms with E-state index in [4.69, 9.17) is 0 Å². The lowest BCUT2D eigenvalue weighted by Crippen LogP contribution is -2.35. The average molecular weight is 309 g/mol. The first kappa shape index (κ1) is 19.2. The Morgan fingerprint density at radius 3 is 2.32 bits per heavy atom. The zero-order valence-electron chi connectivity index (χ0n) is 14.8. The van der Waals surface area contributed by atoms with Crippen LogP contribution in [0.4, 0.5) is 0 Å². The van der Waals surface area contributed by atoms with E-state index in [1.165, 1.54) is 64.2 Å². The number of rotatable bonds is 13. The van der Waals surface area contributed by atoms with Crippen molar-refractivity contribution in [3.05, 3.63) is 12.2 Å². The van der Waals surface area contributed by atoms with Gasteiger partial charge in [0.25, 0.3) is 0 Å². The highest BCUT2D eigenvalue weighted by Gasteiger charge is 2.19. The quantitative estimate of drug-likeness (QED) is 0.388. The summed E-state index contributed by atoms with van der Waals surface area (Å²) in [5, 5.41) is 9.65. The van der Waals surface area contributed by atoms with Gasteiger partial charge in [-0.15, -0.1) is 0 Å². The van der Waals surface area contributed by atoms with E-state index < -0.39 is 0 Å². The van der Waals surface area contributed by atoms with E-state index in [-0.39, 0.29) is 6.23 Å². The van der Waals surface area contributed by atoms with Crippen LogP contribution in [0.5, 0.6) is 0 Å². The van der Waals surface area contributed by atoms with Crippen LogP contribution in [0.1, 0.15) is 84.5 Å².